The van der Waals surface area contributed by atoms with Crippen molar-refractivity contribution in [2.45, 2.75) is 122 Å². The molecule has 1 rings (SSSR count). The molecule has 0 atom stereocenters. The molecule has 0 saturated heterocycles. The molecule has 0 bridgehead atoms. The molecule has 0 aromatic carbocycles. The van der Waals surface area contributed by atoms with E-state index in [4.69, 9.17) is 0 Å². The van der Waals surface area contributed by atoms with E-state index in [2.05, 4.69) is 23.2 Å². The first-order chi connectivity index (χ1) is 13.9. The third-order valence-corrected chi connectivity index (χ3v) is 5.66. The molecule has 0 aromatic heterocycles. The molecule has 0 amide bonds. The summed E-state index contributed by atoms with van der Waals surface area (Å²) in [7, 11) is 0. The fourth-order valence-corrected chi connectivity index (χ4v) is 3.80. The van der Waals surface area contributed by atoms with Crippen molar-refractivity contribution in [2.75, 3.05) is 6.54 Å². The maximum absolute atomic E-state index is 10.8. The van der Waals surface area contributed by atoms with Gasteiger partial charge in [-0.15, -0.1) is 4.91 Å². The van der Waals surface area contributed by atoms with Crippen molar-refractivity contribution in [1.82, 2.24) is 0 Å². The average Bonchev–Trinajstić information content (AvgIpc) is 2.73. The predicted octanol–water partition coefficient (Wildman–Crippen LogP) is 8.69. The van der Waals surface area contributed by atoms with Crippen LogP contribution in [0.1, 0.15) is 122 Å². The van der Waals surface area contributed by atoms with Gasteiger partial charge >= 0.3 is 0 Å². The van der Waals surface area contributed by atoms with Gasteiger partial charge in [0.15, 0.2) is 0 Å². The summed E-state index contributed by atoms with van der Waals surface area (Å²) in [6.45, 7) is 3.15. The zero-order valence-electron chi connectivity index (χ0n) is 18.5. The van der Waals surface area contributed by atoms with Crippen LogP contribution < -0.4 is 0 Å². The highest BCUT2D eigenvalue weighted by Gasteiger charge is 2.06. The Balaban J connectivity index is 1.81. The predicted molar refractivity (Wildman–Crippen MR) is 124 cm³/mol. The summed E-state index contributed by atoms with van der Waals surface area (Å²) >= 11 is 0. The number of rotatable bonds is 19. The summed E-state index contributed by atoms with van der Waals surface area (Å²) in [6, 6.07) is 0. The van der Waals surface area contributed by atoms with Gasteiger partial charge in [0.25, 0.3) is 0 Å². The molecule has 0 N–H and O–H groups in total. The lowest BCUT2D eigenvalue weighted by atomic mass is 10.0. The Labute approximate surface area is 174 Å². The standard InChI is InChI=1S/C25H44N2O/c1-2-3-4-5-6-7-8-9-10-11-12-13-14-15-16-19-22-26-23-24-20-17-18-21-25(24)27-28/h17,20,23H,2-16,18-19,21-22H2,1H3/b26-23+. The second kappa shape index (κ2) is 19.1. The number of allylic oxidation sites excluding steroid dienone is 4. The molecule has 1 aliphatic carbocycles. The van der Waals surface area contributed by atoms with E-state index in [0.29, 0.717) is 5.70 Å². The van der Waals surface area contributed by atoms with Crippen molar-refractivity contribution in [1.29, 1.82) is 0 Å². The van der Waals surface area contributed by atoms with Gasteiger partial charge in [0, 0.05) is 18.3 Å². The Bertz CT molecular complexity index is 465. The number of unbranched alkanes of at least 4 members (excludes halogenated alkanes) is 15. The quantitative estimate of drug-likeness (QED) is 0.124. The third kappa shape index (κ3) is 13.8. The molecule has 3 heteroatoms. The highest BCUT2D eigenvalue weighted by atomic mass is 16.3. The molecular formula is C25H44N2O. The molecule has 0 saturated carbocycles. The molecule has 0 radical (unpaired) electrons. The third-order valence-electron chi connectivity index (χ3n) is 5.66. The van der Waals surface area contributed by atoms with Gasteiger partial charge in [-0.25, -0.2) is 0 Å². The van der Waals surface area contributed by atoms with Gasteiger partial charge in [-0.2, -0.15) is 0 Å². The monoisotopic (exact) mass is 388 g/mol. The lowest BCUT2D eigenvalue weighted by Crippen LogP contribution is -1.94. The van der Waals surface area contributed by atoms with Crippen molar-refractivity contribution < 1.29 is 0 Å². The van der Waals surface area contributed by atoms with Crippen LogP contribution in [0, 0.1) is 4.91 Å². The number of nitrogens with zero attached hydrogens (tertiary/aromatic N) is 2. The first kappa shape index (κ1) is 24.8. The fourth-order valence-electron chi connectivity index (χ4n) is 3.80. The molecule has 28 heavy (non-hydrogen) atoms. The molecule has 0 fully saturated rings. The maximum Gasteiger partial charge on any atom is 0.0939 e. The normalized spacial score (nSPS) is 14.3. The Hall–Kier alpha value is -1.25. The van der Waals surface area contributed by atoms with E-state index < -0.39 is 0 Å². The Morgan fingerprint density at radius 1 is 0.786 bits per heavy atom. The van der Waals surface area contributed by atoms with E-state index in [1.165, 1.54) is 96.3 Å². The van der Waals surface area contributed by atoms with Gasteiger partial charge in [0.05, 0.1) is 5.70 Å². The van der Waals surface area contributed by atoms with E-state index in [1.54, 1.807) is 0 Å². The minimum absolute atomic E-state index is 0.651. The first-order valence-corrected chi connectivity index (χ1v) is 12.1. The molecule has 0 heterocycles. The van der Waals surface area contributed by atoms with Crippen LogP contribution in [-0.4, -0.2) is 12.8 Å². The minimum atomic E-state index is 0.651. The van der Waals surface area contributed by atoms with Crippen LogP contribution in [0.4, 0.5) is 0 Å². The zero-order valence-corrected chi connectivity index (χ0v) is 18.5. The molecular weight excluding hydrogens is 344 g/mol. The lowest BCUT2D eigenvalue weighted by Gasteiger charge is -2.05. The minimum Gasteiger partial charge on any atom is -0.292 e. The van der Waals surface area contributed by atoms with Crippen LogP contribution in [0.2, 0.25) is 0 Å². The van der Waals surface area contributed by atoms with Gasteiger partial charge in [0.1, 0.15) is 0 Å². The van der Waals surface area contributed by atoms with Gasteiger partial charge in [-0.1, -0.05) is 115 Å². The smallest absolute Gasteiger partial charge is 0.0939 e. The average molecular weight is 389 g/mol. The number of aliphatic imine (C=N–C) groups is 1. The Kier molecular flexibility index (Phi) is 16.9. The molecule has 1 aliphatic rings. The molecule has 0 unspecified atom stereocenters. The van der Waals surface area contributed by atoms with Crippen molar-refractivity contribution in [2.24, 2.45) is 10.2 Å². The SMILES string of the molecule is CCCCCCCCCCCCCCCCCC/N=C/C1=C(N=O)CCC=C1. The summed E-state index contributed by atoms with van der Waals surface area (Å²) < 4.78 is 0. The number of hydrogen-bond acceptors (Lipinski definition) is 3. The number of hydrogen-bond donors (Lipinski definition) is 0. The van der Waals surface area contributed by atoms with Gasteiger partial charge in [-0.05, 0) is 24.4 Å². The molecule has 0 aromatic rings. The summed E-state index contributed by atoms with van der Waals surface area (Å²) in [4.78, 5) is 15.2. The highest BCUT2D eigenvalue weighted by molar-refractivity contribution is 5.83. The van der Waals surface area contributed by atoms with Crippen molar-refractivity contribution in [3.8, 4) is 0 Å². The van der Waals surface area contributed by atoms with Crippen LogP contribution in [0.25, 0.3) is 0 Å². The van der Waals surface area contributed by atoms with E-state index in [0.717, 1.165) is 31.4 Å². The van der Waals surface area contributed by atoms with Crippen LogP contribution in [0.3, 0.4) is 0 Å². The van der Waals surface area contributed by atoms with E-state index in [9.17, 15) is 4.91 Å². The second-order valence-electron chi connectivity index (χ2n) is 8.27. The summed E-state index contributed by atoms with van der Waals surface area (Å²) in [5.41, 5.74) is 1.55. The summed E-state index contributed by atoms with van der Waals surface area (Å²) in [5.74, 6) is 0. The Morgan fingerprint density at radius 2 is 1.29 bits per heavy atom. The largest absolute Gasteiger partial charge is 0.292 e. The molecule has 3 nitrogen and oxygen atoms in total. The fraction of sp³-hybridized carbons (Fsp3) is 0.800. The maximum atomic E-state index is 10.8. The zero-order chi connectivity index (χ0) is 20.1. The first-order valence-electron chi connectivity index (χ1n) is 12.1. The van der Waals surface area contributed by atoms with E-state index >= 15 is 0 Å². The van der Waals surface area contributed by atoms with Crippen LogP contribution >= 0.6 is 0 Å². The highest BCUT2D eigenvalue weighted by Crippen LogP contribution is 2.18. The summed E-state index contributed by atoms with van der Waals surface area (Å²) in [5, 5.41) is 3.11. The van der Waals surface area contributed by atoms with Crippen molar-refractivity contribution >= 4 is 6.21 Å². The molecule has 0 spiro atoms. The summed E-state index contributed by atoms with van der Waals surface area (Å²) in [6.07, 6.45) is 29.8. The second-order valence-corrected chi connectivity index (χ2v) is 8.27. The molecule has 0 aliphatic heterocycles. The van der Waals surface area contributed by atoms with Gasteiger partial charge in [0.2, 0.25) is 0 Å². The van der Waals surface area contributed by atoms with E-state index in [1.807, 2.05) is 12.3 Å². The van der Waals surface area contributed by atoms with Crippen molar-refractivity contribution in [3.63, 3.8) is 0 Å². The van der Waals surface area contributed by atoms with Crippen molar-refractivity contribution in [3.05, 3.63) is 28.3 Å². The molecule has 160 valence electrons. The van der Waals surface area contributed by atoms with Gasteiger partial charge in [-0.3, -0.25) is 4.99 Å². The lowest BCUT2D eigenvalue weighted by molar-refractivity contribution is 0.530. The van der Waals surface area contributed by atoms with Gasteiger partial charge < -0.3 is 0 Å². The van der Waals surface area contributed by atoms with Crippen LogP contribution in [-0.2, 0) is 0 Å². The van der Waals surface area contributed by atoms with E-state index in [-0.39, 0.29) is 0 Å². The number of nitroso groups, excluding NO2 is 1. The van der Waals surface area contributed by atoms with Crippen LogP contribution in [0.5, 0.6) is 0 Å². The topological polar surface area (TPSA) is 41.8 Å². The Morgan fingerprint density at radius 3 is 1.79 bits per heavy atom. The van der Waals surface area contributed by atoms with Crippen LogP contribution in [0.15, 0.2) is 33.6 Å².